The summed E-state index contributed by atoms with van der Waals surface area (Å²) in [5.74, 6) is 1.82. The van der Waals surface area contributed by atoms with Crippen molar-refractivity contribution in [1.82, 2.24) is 0 Å². The summed E-state index contributed by atoms with van der Waals surface area (Å²) in [4.78, 5) is 0. The summed E-state index contributed by atoms with van der Waals surface area (Å²) in [5.41, 5.74) is 13.0. The van der Waals surface area contributed by atoms with E-state index in [4.69, 9.17) is 9.47 Å². The van der Waals surface area contributed by atoms with Gasteiger partial charge in [0.05, 0.1) is 13.2 Å². The van der Waals surface area contributed by atoms with Gasteiger partial charge in [-0.1, -0.05) is 121 Å². The first-order valence-electron chi connectivity index (χ1n) is 16.4. The summed E-state index contributed by atoms with van der Waals surface area (Å²) in [6, 6.07) is 52.5. The summed E-state index contributed by atoms with van der Waals surface area (Å²) in [5, 5.41) is 0. The number of hydrogen-bond donors (Lipinski definition) is 0. The molecule has 0 aliphatic heterocycles. The quantitative estimate of drug-likeness (QED) is 0.154. The third-order valence-corrected chi connectivity index (χ3v) is 10.4. The molecule has 46 heavy (non-hydrogen) atoms. The molecule has 6 aromatic carbocycles. The van der Waals surface area contributed by atoms with Crippen LogP contribution in [0.25, 0.3) is 22.3 Å². The number of ether oxygens (including phenoxy) is 2. The largest absolute Gasteiger partial charge is 0.494 e. The van der Waals surface area contributed by atoms with E-state index in [1.54, 1.807) is 0 Å². The van der Waals surface area contributed by atoms with Gasteiger partial charge in [0.2, 0.25) is 0 Å². The van der Waals surface area contributed by atoms with Crippen LogP contribution >= 0.6 is 0 Å². The third-order valence-electron chi connectivity index (χ3n) is 10.4. The van der Waals surface area contributed by atoms with E-state index in [9.17, 15) is 0 Å². The lowest BCUT2D eigenvalue weighted by atomic mass is 9.74. The Morgan fingerprint density at radius 2 is 0.652 bits per heavy atom. The fraction of sp³-hybridized carbons (Fsp3) is 0.182. The first kappa shape index (κ1) is 28.4. The molecule has 6 aromatic rings. The standard InChI is InChI=1S/C44H38O2/c1-43(39-17-7-3-13-35(39)36-14-4-8-18-40(36)43)31-21-25-33(26-22-31)45-29-11-12-30-46-34-27-23-32(24-28-34)44(2)41-19-9-5-15-37(41)38-16-6-10-20-42(38)44/h3-10,13-28H,11-12,29-30H2,1-2H3. The molecule has 0 unspecified atom stereocenters. The number of benzene rings is 6. The van der Waals surface area contributed by atoms with Gasteiger partial charge in [0.1, 0.15) is 11.5 Å². The highest BCUT2D eigenvalue weighted by molar-refractivity contribution is 5.84. The van der Waals surface area contributed by atoms with Crippen molar-refractivity contribution in [2.75, 3.05) is 13.2 Å². The van der Waals surface area contributed by atoms with E-state index in [1.807, 2.05) is 0 Å². The molecular weight excluding hydrogens is 560 g/mol. The van der Waals surface area contributed by atoms with Gasteiger partial charge in [0.15, 0.2) is 0 Å². The van der Waals surface area contributed by atoms with Crippen LogP contribution in [0.15, 0.2) is 146 Å². The Kier molecular flexibility index (Phi) is 7.02. The van der Waals surface area contributed by atoms with Gasteiger partial charge in [-0.25, -0.2) is 0 Å². The van der Waals surface area contributed by atoms with Crippen molar-refractivity contribution in [3.05, 3.63) is 179 Å². The Bertz CT molecular complexity index is 1780. The summed E-state index contributed by atoms with van der Waals surface area (Å²) < 4.78 is 12.3. The Balaban J connectivity index is 0.860. The van der Waals surface area contributed by atoms with Crippen LogP contribution in [0, 0.1) is 0 Å². The lowest BCUT2D eigenvalue weighted by Crippen LogP contribution is -2.22. The Labute approximate surface area is 272 Å². The average molecular weight is 599 g/mol. The maximum atomic E-state index is 6.13. The van der Waals surface area contributed by atoms with E-state index >= 15 is 0 Å². The van der Waals surface area contributed by atoms with Gasteiger partial charge in [-0.3, -0.25) is 0 Å². The van der Waals surface area contributed by atoms with Crippen molar-refractivity contribution < 1.29 is 9.47 Å². The number of hydrogen-bond acceptors (Lipinski definition) is 2. The maximum absolute atomic E-state index is 6.13. The van der Waals surface area contributed by atoms with Crippen LogP contribution in [-0.2, 0) is 10.8 Å². The zero-order valence-corrected chi connectivity index (χ0v) is 26.5. The van der Waals surface area contributed by atoms with E-state index < -0.39 is 0 Å². The van der Waals surface area contributed by atoms with Gasteiger partial charge in [-0.05, 0) is 107 Å². The van der Waals surface area contributed by atoms with Crippen LogP contribution < -0.4 is 9.47 Å². The molecule has 0 amide bonds. The molecule has 2 heteroatoms. The van der Waals surface area contributed by atoms with Crippen molar-refractivity contribution in [1.29, 1.82) is 0 Å². The average Bonchev–Trinajstić information content (AvgIpc) is 3.54. The number of fused-ring (bicyclic) bond motifs is 6. The number of rotatable bonds is 9. The molecule has 0 atom stereocenters. The topological polar surface area (TPSA) is 18.5 Å². The summed E-state index contributed by atoms with van der Waals surface area (Å²) in [6.07, 6.45) is 1.87. The molecule has 8 rings (SSSR count). The molecule has 0 fully saturated rings. The van der Waals surface area contributed by atoms with Crippen LogP contribution in [0.2, 0.25) is 0 Å². The summed E-state index contributed by atoms with van der Waals surface area (Å²) in [6.45, 7) is 6.02. The highest BCUT2D eigenvalue weighted by Crippen LogP contribution is 2.53. The molecular formula is C44H38O2. The monoisotopic (exact) mass is 598 g/mol. The zero-order valence-electron chi connectivity index (χ0n) is 26.5. The summed E-state index contributed by atoms with van der Waals surface area (Å²) in [7, 11) is 0. The van der Waals surface area contributed by atoms with Gasteiger partial charge < -0.3 is 9.47 Å². The second kappa shape index (κ2) is 11.4. The zero-order chi connectivity index (χ0) is 31.1. The first-order valence-corrected chi connectivity index (χ1v) is 16.4. The minimum atomic E-state index is -0.176. The minimum absolute atomic E-state index is 0.176. The lowest BCUT2D eigenvalue weighted by molar-refractivity contribution is 0.266. The molecule has 0 spiro atoms. The van der Waals surface area contributed by atoms with Crippen molar-refractivity contribution in [3.63, 3.8) is 0 Å². The van der Waals surface area contributed by atoms with E-state index in [-0.39, 0.29) is 10.8 Å². The van der Waals surface area contributed by atoms with E-state index in [0.717, 1.165) is 24.3 Å². The van der Waals surface area contributed by atoms with Crippen LogP contribution in [0.1, 0.15) is 60.1 Å². The maximum Gasteiger partial charge on any atom is 0.119 e. The van der Waals surface area contributed by atoms with Gasteiger partial charge in [0.25, 0.3) is 0 Å². The molecule has 2 aliphatic carbocycles. The van der Waals surface area contributed by atoms with Gasteiger partial charge in [-0.2, -0.15) is 0 Å². The Hall–Kier alpha value is -5.08. The molecule has 0 N–H and O–H groups in total. The molecule has 0 aromatic heterocycles. The Morgan fingerprint density at radius 1 is 0.370 bits per heavy atom. The third kappa shape index (κ3) is 4.47. The summed E-state index contributed by atoms with van der Waals surface area (Å²) >= 11 is 0. The minimum Gasteiger partial charge on any atom is -0.494 e. The predicted molar refractivity (Wildman–Crippen MR) is 188 cm³/mol. The van der Waals surface area contributed by atoms with Crippen LogP contribution in [0.4, 0.5) is 0 Å². The van der Waals surface area contributed by atoms with Crippen molar-refractivity contribution in [2.24, 2.45) is 0 Å². The van der Waals surface area contributed by atoms with Gasteiger partial charge in [0, 0.05) is 10.8 Å². The first-order chi connectivity index (χ1) is 22.6. The molecule has 2 aliphatic rings. The van der Waals surface area contributed by atoms with E-state index in [0.29, 0.717) is 13.2 Å². The molecule has 2 nitrogen and oxygen atoms in total. The fourth-order valence-electron chi connectivity index (χ4n) is 7.88. The second-order valence-electron chi connectivity index (χ2n) is 12.9. The molecule has 0 radical (unpaired) electrons. The molecule has 226 valence electrons. The highest BCUT2D eigenvalue weighted by atomic mass is 16.5. The molecule has 0 saturated heterocycles. The number of unbranched alkanes of at least 4 members (excludes halogenated alkanes) is 1. The molecule has 0 heterocycles. The van der Waals surface area contributed by atoms with Gasteiger partial charge in [-0.15, -0.1) is 0 Å². The van der Waals surface area contributed by atoms with Crippen molar-refractivity contribution in [3.8, 4) is 33.8 Å². The van der Waals surface area contributed by atoms with Crippen molar-refractivity contribution in [2.45, 2.75) is 37.5 Å². The van der Waals surface area contributed by atoms with Crippen LogP contribution in [0.3, 0.4) is 0 Å². The van der Waals surface area contributed by atoms with E-state index in [2.05, 4.69) is 159 Å². The van der Waals surface area contributed by atoms with Gasteiger partial charge >= 0.3 is 0 Å². The Morgan fingerprint density at radius 3 is 0.957 bits per heavy atom. The SMILES string of the molecule is CC1(c2ccc(OCCCCOc3ccc(C4(C)c5ccccc5-c5ccccc54)cc3)cc2)c2ccccc2-c2ccccc21. The fourth-order valence-corrected chi connectivity index (χ4v) is 7.88. The van der Waals surface area contributed by atoms with Crippen LogP contribution in [0.5, 0.6) is 11.5 Å². The highest BCUT2D eigenvalue weighted by Gasteiger charge is 2.41. The lowest BCUT2D eigenvalue weighted by Gasteiger charge is -2.28. The smallest absolute Gasteiger partial charge is 0.119 e. The van der Waals surface area contributed by atoms with E-state index in [1.165, 1.54) is 55.6 Å². The van der Waals surface area contributed by atoms with Crippen LogP contribution in [-0.4, -0.2) is 13.2 Å². The predicted octanol–water partition coefficient (Wildman–Crippen LogP) is 10.6. The second-order valence-corrected chi connectivity index (χ2v) is 12.9. The normalized spacial score (nSPS) is 14.6. The van der Waals surface area contributed by atoms with Crippen molar-refractivity contribution >= 4 is 0 Å². The molecule has 0 saturated carbocycles. The molecule has 0 bridgehead atoms.